The van der Waals surface area contributed by atoms with Crippen LogP contribution in [0.5, 0.6) is 0 Å². The zero-order chi connectivity index (χ0) is 23.8. The maximum absolute atomic E-state index is 11.9. The number of rotatable bonds is 9. The molecule has 1 aromatic carbocycles. The standard InChI is InChI=1S/C18H21Cl3N4O2.2C2H6/c1-22-5-7-27-8-6-24-17-12(3-4-15(25-17)18(26)23-2)13-9-11(19)10-14(20)16(13)21;2*1-2/h3-4,9-10,22H,5-8H2,1-2H3,(H,23,26)(H,24,25);2*1-2H3. The predicted octanol–water partition coefficient (Wildman–Crippen LogP) is 5.77. The summed E-state index contributed by atoms with van der Waals surface area (Å²) in [7, 11) is 3.41. The molecule has 0 bridgehead atoms. The van der Waals surface area contributed by atoms with Crippen LogP contribution in [0, 0.1) is 0 Å². The van der Waals surface area contributed by atoms with Crippen LogP contribution in [0.1, 0.15) is 38.2 Å². The van der Waals surface area contributed by atoms with Gasteiger partial charge in [0.1, 0.15) is 11.5 Å². The Morgan fingerprint density at radius 2 is 1.61 bits per heavy atom. The smallest absolute Gasteiger partial charge is 0.269 e. The third-order valence-electron chi connectivity index (χ3n) is 3.67. The van der Waals surface area contributed by atoms with E-state index in [0.717, 1.165) is 6.54 Å². The number of aromatic nitrogens is 1. The first-order valence-electron chi connectivity index (χ1n) is 10.3. The zero-order valence-electron chi connectivity index (χ0n) is 19.0. The van der Waals surface area contributed by atoms with Crippen molar-refractivity contribution in [2.24, 2.45) is 0 Å². The van der Waals surface area contributed by atoms with E-state index in [2.05, 4.69) is 20.9 Å². The van der Waals surface area contributed by atoms with Crippen LogP contribution in [0.25, 0.3) is 11.1 Å². The summed E-state index contributed by atoms with van der Waals surface area (Å²) in [6.45, 7) is 10.4. The van der Waals surface area contributed by atoms with E-state index < -0.39 is 0 Å². The molecule has 0 saturated carbocycles. The number of nitrogens with one attached hydrogen (secondary N) is 3. The lowest BCUT2D eigenvalue weighted by molar-refractivity contribution is 0.0958. The molecular weight excluding hydrogens is 459 g/mol. The van der Waals surface area contributed by atoms with E-state index in [-0.39, 0.29) is 11.6 Å². The molecular formula is C22H33Cl3N4O2. The number of pyridine rings is 1. The summed E-state index contributed by atoms with van der Waals surface area (Å²) < 4.78 is 5.50. The van der Waals surface area contributed by atoms with Crippen molar-refractivity contribution in [1.29, 1.82) is 0 Å². The summed E-state index contributed by atoms with van der Waals surface area (Å²) in [5, 5.41) is 9.92. The number of hydrogen-bond donors (Lipinski definition) is 3. The Balaban J connectivity index is 0.00000212. The van der Waals surface area contributed by atoms with Crippen LogP contribution in [0.3, 0.4) is 0 Å². The predicted molar refractivity (Wildman–Crippen MR) is 134 cm³/mol. The molecule has 174 valence electrons. The van der Waals surface area contributed by atoms with E-state index in [1.54, 1.807) is 31.3 Å². The Kier molecular flexibility index (Phi) is 16.2. The van der Waals surface area contributed by atoms with Crippen LogP contribution in [-0.2, 0) is 4.74 Å². The van der Waals surface area contributed by atoms with Crippen molar-refractivity contribution in [3.05, 3.63) is 45.0 Å². The van der Waals surface area contributed by atoms with Gasteiger partial charge in [0.2, 0.25) is 0 Å². The molecule has 0 aliphatic rings. The van der Waals surface area contributed by atoms with Crippen LogP contribution in [-0.4, -0.2) is 51.3 Å². The molecule has 0 saturated heterocycles. The number of carbonyl (C=O) groups excluding carboxylic acids is 1. The van der Waals surface area contributed by atoms with Gasteiger partial charge >= 0.3 is 0 Å². The van der Waals surface area contributed by atoms with Crippen LogP contribution in [0.4, 0.5) is 5.82 Å². The summed E-state index contributed by atoms with van der Waals surface area (Å²) >= 11 is 18.6. The molecule has 0 fully saturated rings. The number of halogens is 3. The first-order valence-corrected chi connectivity index (χ1v) is 11.5. The number of amides is 1. The van der Waals surface area contributed by atoms with Gasteiger partial charge < -0.3 is 20.7 Å². The second kappa shape index (κ2) is 17.0. The van der Waals surface area contributed by atoms with Gasteiger partial charge in [0.25, 0.3) is 5.91 Å². The highest BCUT2D eigenvalue weighted by atomic mass is 35.5. The van der Waals surface area contributed by atoms with Crippen molar-refractivity contribution in [3.8, 4) is 11.1 Å². The van der Waals surface area contributed by atoms with Gasteiger partial charge in [-0.2, -0.15) is 0 Å². The van der Waals surface area contributed by atoms with Gasteiger partial charge in [0.05, 0.1) is 23.3 Å². The van der Waals surface area contributed by atoms with Gasteiger partial charge in [-0.1, -0.05) is 62.5 Å². The maximum Gasteiger partial charge on any atom is 0.269 e. The van der Waals surface area contributed by atoms with E-state index >= 15 is 0 Å². The third-order valence-corrected chi connectivity index (χ3v) is 4.69. The highest BCUT2D eigenvalue weighted by Gasteiger charge is 2.16. The molecule has 2 aromatic rings. The Morgan fingerprint density at radius 3 is 2.23 bits per heavy atom. The van der Waals surface area contributed by atoms with Crippen molar-refractivity contribution in [1.82, 2.24) is 15.6 Å². The monoisotopic (exact) mass is 490 g/mol. The van der Waals surface area contributed by atoms with E-state index in [0.29, 0.717) is 51.8 Å². The largest absolute Gasteiger partial charge is 0.378 e. The molecule has 0 unspecified atom stereocenters. The minimum atomic E-state index is -0.287. The average molecular weight is 492 g/mol. The minimum Gasteiger partial charge on any atom is -0.378 e. The lowest BCUT2D eigenvalue weighted by Gasteiger charge is -2.15. The van der Waals surface area contributed by atoms with Crippen molar-refractivity contribution in [2.45, 2.75) is 27.7 Å². The van der Waals surface area contributed by atoms with Gasteiger partial charge in [0.15, 0.2) is 0 Å². The van der Waals surface area contributed by atoms with Crippen LogP contribution >= 0.6 is 34.8 Å². The summed E-state index contributed by atoms with van der Waals surface area (Å²) in [4.78, 5) is 16.4. The SMILES string of the molecule is CC.CC.CNCCOCCNc1nc(C(=O)NC)ccc1-c1cc(Cl)cc(Cl)c1Cl. The van der Waals surface area contributed by atoms with Crippen molar-refractivity contribution in [3.63, 3.8) is 0 Å². The van der Waals surface area contributed by atoms with E-state index in [9.17, 15) is 4.79 Å². The summed E-state index contributed by atoms with van der Waals surface area (Å²) in [6, 6.07) is 6.66. The van der Waals surface area contributed by atoms with Crippen molar-refractivity contribution in [2.75, 3.05) is 45.7 Å². The molecule has 6 nitrogen and oxygen atoms in total. The molecule has 1 aromatic heterocycles. The molecule has 31 heavy (non-hydrogen) atoms. The third kappa shape index (κ3) is 9.62. The van der Waals surface area contributed by atoms with Gasteiger partial charge in [-0.3, -0.25) is 4.79 Å². The molecule has 0 aliphatic heterocycles. The first kappa shape index (κ1) is 29.4. The Morgan fingerprint density at radius 1 is 0.968 bits per heavy atom. The van der Waals surface area contributed by atoms with E-state index in [1.165, 1.54) is 0 Å². The van der Waals surface area contributed by atoms with Crippen molar-refractivity contribution >= 4 is 46.5 Å². The normalized spacial score (nSPS) is 9.71. The van der Waals surface area contributed by atoms with E-state index in [1.807, 2.05) is 34.7 Å². The van der Waals surface area contributed by atoms with Gasteiger partial charge in [-0.25, -0.2) is 4.98 Å². The van der Waals surface area contributed by atoms with E-state index in [4.69, 9.17) is 39.5 Å². The number of carbonyl (C=O) groups is 1. The fourth-order valence-electron chi connectivity index (χ4n) is 2.34. The topological polar surface area (TPSA) is 75.3 Å². The Labute approximate surface area is 201 Å². The quantitative estimate of drug-likeness (QED) is 0.307. The molecule has 0 radical (unpaired) electrons. The number of likely N-dealkylation sites (N-methyl/N-ethyl adjacent to an activating group) is 1. The summed E-state index contributed by atoms with van der Waals surface area (Å²) in [5.41, 5.74) is 1.60. The highest BCUT2D eigenvalue weighted by molar-refractivity contribution is 6.45. The molecule has 3 N–H and O–H groups in total. The van der Waals surface area contributed by atoms with Crippen LogP contribution < -0.4 is 16.0 Å². The second-order valence-corrected chi connectivity index (χ2v) is 6.79. The fraction of sp³-hybridized carbons (Fsp3) is 0.455. The van der Waals surface area contributed by atoms with Gasteiger partial charge in [-0.05, 0) is 31.3 Å². The summed E-state index contributed by atoms with van der Waals surface area (Å²) in [6.07, 6.45) is 0. The molecule has 1 amide bonds. The Bertz CT molecular complexity index is 805. The van der Waals surface area contributed by atoms with Crippen LogP contribution in [0.15, 0.2) is 24.3 Å². The second-order valence-electron chi connectivity index (χ2n) is 5.56. The molecule has 9 heteroatoms. The molecule has 0 spiro atoms. The van der Waals surface area contributed by atoms with Crippen molar-refractivity contribution < 1.29 is 9.53 Å². The minimum absolute atomic E-state index is 0.282. The molecule has 1 heterocycles. The number of benzene rings is 1. The number of nitrogens with zero attached hydrogens (tertiary/aromatic N) is 1. The fourth-order valence-corrected chi connectivity index (χ4v) is 3.04. The summed E-state index contributed by atoms with van der Waals surface area (Å²) in [5.74, 6) is 0.207. The highest BCUT2D eigenvalue weighted by Crippen LogP contribution is 2.39. The molecule has 2 rings (SSSR count). The zero-order valence-corrected chi connectivity index (χ0v) is 21.3. The Hall–Kier alpha value is -1.57. The van der Waals surface area contributed by atoms with Gasteiger partial charge in [0, 0.05) is 36.3 Å². The first-order chi connectivity index (χ1) is 15.0. The van der Waals surface area contributed by atoms with Crippen LogP contribution in [0.2, 0.25) is 15.1 Å². The number of ether oxygens (including phenoxy) is 1. The molecule has 0 aliphatic carbocycles. The maximum atomic E-state index is 11.9. The number of anilines is 1. The lowest BCUT2D eigenvalue weighted by atomic mass is 10.1. The van der Waals surface area contributed by atoms with Gasteiger partial charge in [-0.15, -0.1) is 0 Å². The number of hydrogen-bond acceptors (Lipinski definition) is 5. The lowest BCUT2D eigenvalue weighted by Crippen LogP contribution is -2.21. The molecule has 0 atom stereocenters. The average Bonchev–Trinajstić information content (AvgIpc) is 2.80.